The number of anilines is 1. The number of sulfonamides is 1. The first-order valence-corrected chi connectivity index (χ1v) is 7.24. The van der Waals surface area contributed by atoms with E-state index in [9.17, 15) is 8.42 Å². The van der Waals surface area contributed by atoms with Gasteiger partial charge in [0.15, 0.2) is 0 Å². The standard InChI is InChI=1S/C12H18N2O2S/c1-9-7-11(13)12(8-10(9)2)17(15,16)14-5-3-4-6-14/h7-8H,3-6,13H2,1-2H3. The molecule has 1 aromatic carbocycles. The number of nitrogen functional groups attached to an aromatic ring is 1. The van der Waals surface area contributed by atoms with Gasteiger partial charge in [-0.3, -0.25) is 0 Å². The summed E-state index contributed by atoms with van der Waals surface area (Å²) in [6.07, 6.45) is 1.87. The van der Waals surface area contributed by atoms with Crippen LogP contribution in [-0.2, 0) is 10.0 Å². The van der Waals surface area contributed by atoms with Gasteiger partial charge in [-0.2, -0.15) is 4.31 Å². The normalized spacial score (nSPS) is 17.5. The van der Waals surface area contributed by atoms with Gasteiger partial charge in [0.2, 0.25) is 10.0 Å². The molecule has 0 spiro atoms. The molecule has 2 rings (SSSR count). The average molecular weight is 254 g/mol. The van der Waals surface area contributed by atoms with Gasteiger partial charge in [-0.15, -0.1) is 0 Å². The first-order chi connectivity index (χ1) is 7.93. The minimum absolute atomic E-state index is 0.252. The monoisotopic (exact) mass is 254 g/mol. The second-order valence-electron chi connectivity index (χ2n) is 4.59. The van der Waals surface area contributed by atoms with Gasteiger partial charge in [0.1, 0.15) is 4.90 Å². The van der Waals surface area contributed by atoms with Crippen LogP contribution in [0.15, 0.2) is 17.0 Å². The zero-order chi connectivity index (χ0) is 12.6. The van der Waals surface area contributed by atoms with Crippen molar-refractivity contribution in [3.63, 3.8) is 0 Å². The van der Waals surface area contributed by atoms with E-state index in [4.69, 9.17) is 5.73 Å². The summed E-state index contributed by atoms with van der Waals surface area (Å²) in [5.74, 6) is 0. The molecule has 0 bridgehead atoms. The zero-order valence-corrected chi connectivity index (χ0v) is 11.0. The predicted molar refractivity (Wildman–Crippen MR) is 68.3 cm³/mol. The number of hydrogen-bond acceptors (Lipinski definition) is 3. The van der Waals surface area contributed by atoms with E-state index in [1.807, 2.05) is 13.8 Å². The van der Waals surface area contributed by atoms with Crippen molar-refractivity contribution in [2.24, 2.45) is 0 Å². The predicted octanol–water partition coefficient (Wildman–Crippen LogP) is 1.67. The van der Waals surface area contributed by atoms with Crippen molar-refractivity contribution in [2.45, 2.75) is 31.6 Å². The fraction of sp³-hybridized carbons (Fsp3) is 0.500. The van der Waals surface area contributed by atoms with Gasteiger partial charge >= 0.3 is 0 Å². The molecule has 2 N–H and O–H groups in total. The number of benzene rings is 1. The summed E-state index contributed by atoms with van der Waals surface area (Å²) >= 11 is 0. The molecule has 0 amide bonds. The molecule has 1 fully saturated rings. The van der Waals surface area contributed by atoms with Crippen molar-refractivity contribution in [1.29, 1.82) is 0 Å². The Balaban J connectivity index is 2.49. The lowest BCUT2D eigenvalue weighted by Gasteiger charge is -2.18. The molecule has 0 aliphatic carbocycles. The molecule has 0 saturated carbocycles. The van der Waals surface area contributed by atoms with Crippen molar-refractivity contribution < 1.29 is 8.42 Å². The summed E-state index contributed by atoms with van der Waals surface area (Å²) in [6, 6.07) is 3.41. The van der Waals surface area contributed by atoms with E-state index in [-0.39, 0.29) is 4.90 Å². The highest BCUT2D eigenvalue weighted by Gasteiger charge is 2.29. The Morgan fingerprint density at radius 3 is 2.24 bits per heavy atom. The molecule has 94 valence electrons. The molecule has 1 heterocycles. The fourth-order valence-electron chi connectivity index (χ4n) is 2.10. The van der Waals surface area contributed by atoms with Gasteiger partial charge in [0.25, 0.3) is 0 Å². The van der Waals surface area contributed by atoms with E-state index in [0.29, 0.717) is 18.8 Å². The third-order valence-corrected chi connectivity index (χ3v) is 5.26. The van der Waals surface area contributed by atoms with E-state index in [2.05, 4.69) is 0 Å². The molecular formula is C12H18N2O2S. The van der Waals surface area contributed by atoms with Crippen LogP contribution in [0.25, 0.3) is 0 Å². The highest BCUT2D eigenvalue weighted by Crippen LogP contribution is 2.27. The van der Waals surface area contributed by atoms with E-state index >= 15 is 0 Å². The molecule has 5 heteroatoms. The lowest BCUT2D eigenvalue weighted by molar-refractivity contribution is 0.478. The molecule has 0 aromatic heterocycles. The van der Waals surface area contributed by atoms with E-state index in [0.717, 1.165) is 24.0 Å². The van der Waals surface area contributed by atoms with Crippen molar-refractivity contribution in [3.8, 4) is 0 Å². The average Bonchev–Trinajstić information content (AvgIpc) is 2.77. The van der Waals surface area contributed by atoms with Crippen molar-refractivity contribution in [2.75, 3.05) is 18.8 Å². The highest BCUT2D eigenvalue weighted by atomic mass is 32.2. The van der Waals surface area contributed by atoms with Gasteiger partial charge in [-0.1, -0.05) is 0 Å². The smallest absolute Gasteiger partial charge is 0.245 e. The van der Waals surface area contributed by atoms with Crippen LogP contribution in [0, 0.1) is 13.8 Å². The van der Waals surface area contributed by atoms with Crippen LogP contribution in [-0.4, -0.2) is 25.8 Å². The Bertz CT molecular complexity index is 532. The van der Waals surface area contributed by atoms with Crippen molar-refractivity contribution >= 4 is 15.7 Å². The third-order valence-electron chi connectivity index (χ3n) is 3.31. The largest absolute Gasteiger partial charge is 0.398 e. The molecule has 17 heavy (non-hydrogen) atoms. The minimum atomic E-state index is -3.40. The molecule has 4 nitrogen and oxygen atoms in total. The van der Waals surface area contributed by atoms with Crippen LogP contribution in [0.2, 0.25) is 0 Å². The van der Waals surface area contributed by atoms with Crippen molar-refractivity contribution in [1.82, 2.24) is 4.31 Å². The maximum Gasteiger partial charge on any atom is 0.245 e. The van der Waals surface area contributed by atoms with Crippen molar-refractivity contribution in [3.05, 3.63) is 23.3 Å². The second-order valence-corrected chi connectivity index (χ2v) is 6.49. The van der Waals surface area contributed by atoms with E-state index < -0.39 is 10.0 Å². The molecule has 1 aromatic rings. The van der Waals surface area contributed by atoms with Crippen LogP contribution < -0.4 is 5.73 Å². The van der Waals surface area contributed by atoms with Crippen LogP contribution in [0.4, 0.5) is 5.69 Å². The SMILES string of the molecule is Cc1cc(N)c(S(=O)(=O)N2CCCC2)cc1C. The Kier molecular flexibility index (Phi) is 3.14. The quantitative estimate of drug-likeness (QED) is 0.817. The molecule has 0 atom stereocenters. The number of nitrogens with zero attached hydrogens (tertiary/aromatic N) is 1. The summed E-state index contributed by atoms with van der Waals surface area (Å²) in [5.41, 5.74) is 8.16. The number of nitrogens with two attached hydrogens (primary N) is 1. The Hall–Kier alpha value is -1.07. The topological polar surface area (TPSA) is 63.4 Å². The summed E-state index contributed by atoms with van der Waals surface area (Å²) in [7, 11) is -3.40. The highest BCUT2D eigenvalue weighted by molar-refractivity contribution is 7.89. The van der Waals surface area contributed by atoms with Gasteiger partial charge in [0, 0.05) is 13.1 Å². The molecular weight excluding hydrogens is 236 g/mol. The van der Waals surface area contributed by atoms with Gasteiger partial charge in [-0.05, 0) is 49.9 Å². The third kappa shape index (κ3) is 2.17. The Morgan fingerprint density at radius 2 is 1.65 bits per heavy atom. The summed E-state index contributed by atoms with van der Waals surface area (Å²) in [5, 5.41) is 0. The van der Waals surface area contributed by atoms with Crippen LogP contribution >= 0.6 is 0 Å². The zero-order valence-electron chi connectivity index (χ0n) is 10.2. The summed E-state index contributed by atoms with van der Waals surface area (Å²) < 4.78 is 26.3. The maximum absolute atomic E-state index is 12.4. The molecule has 1 aliphatic rings. The number of aryl methyl sites for hydroxylation is 2. The molecule has 0 radical (unpaired) electrons. The summed E-state index contributed by atoms with van der Waals surface area (Å²) in [6.45, 7) is 5.04. The molecule has 0 unspecified atom stereocenters. The first-order valence-electron chi connectivity index (χ1n) is 5.80. The van der Waals surface area contributed by atoms with Gasteiger partial charge in [-0.25, -0.2) is 8.42 Å². The van der Waals surface area contributed by atoms with E-state index in [1.165, 1.54) is 4.31 Å². The lowest BCUT2D eigenvalue weighted by atomic mass is 10.1. The first kappa shape index (κ1) is 12.4. The fourth-order valence-corrected chi connectivity index (χ4v) is 3.80. The number of rotatable bonds is 2. The minimum Gasteiger partial charge on any atom is -0.398 e. The van der Waals surface area contributed by atoms with Crippen LogP contribution in [0.3, 0.4) is 0 Å². The maximum atomic E-state index is 12.4. The number of hydrogen-bond donors (Lipinski definition) is 1. The van der Waals surface area contributed by atoms with E-state index in [1.54, 1.807) is 12.1 Å². The Labute approximate surface area is 102 Å². The summed E-state index contributed by atoms with van der Waals surface area (Å²) in [4.78, 5) is 0.252. The molecule has 1 aliphatic heterocycles. The van der Waals surface area contributed by atoms with Gasteiger partial charge in [0.05, 0.1) is 5.69 Å². The van der Waals surface area contributed by atoms with Crippen LogP contribution in [0.5, 0.6) is 0 Å². The molecule has 1 saturated heterocycles. The lowest BCUT2D eigenvalue weighted by Crippen LogP contribution is -2.28. The second kappa shape index (κ2) is 4.31. The Morgan fingerprint density at radius 1 is 1.12 bits per heavy atom. The van der Waals surface area contributed by atoms with Crippen LogP contribution in [0.1, 0.15) is 24.0 Å². The van der Waals surface area contributed by atoms with Gasteiger partial charge < -0.3 is 5.73 Å².